The molecule has 0 saturated carbocycles. The summed E-state index contributed by atoms with van der Waals surface area (Å²) in [4.78, 5) is 4.31. The molecule has 102 valence electrons. The van der Waals surface area contributed by atoms with Crippen molar-refractivity contribution in [3.63, 3.8) is 0 Å². The van der Waals surface area contributed by atoms with Gasteiger partial charge in [-0.25, -0.2) is 9.37 Å². The molecule has 0 amide bonds. The number of oxazole rings is 1. The lowest BCUT2D eigenvalue weighted by Crippen LogP contribution is -2.23. The smallest absolute Gasteiger partial charge is 0.256 e. The lowest BCUT2D eigenvalue weighted by atomic mass is 10.1. The van der Waals surface area contributed by atoms with Crippen molar-refractivity contribution >= 4 is 11.8 Å². The van der Waals surface area contributed by atoms with E-state index >= 15 is 0 Å². The van der Waals surface area contributed by atoms with E-state index in [1.165, 1.54) is 17.8 Å². The van der Waals surface area contributed by atoms with E-state index in [0.717, 1.165) is 11.5 Å². The fourth-order valence-corrected chi connectivity index (χ4v) is 2.87. The summed E-state index contributed by atoms with van der Waals surface area (Å²) >= 11 is 1.36. The van der Waals surface area contributed by atoms with Gasteiger partial charge in [0.15, 0.2) is 0 Å². The van der Waals surface area contributed by atoms with Crippen LogP contribution < -0.4 is 5.73 Å². The van der Waals surface area contributed by atoms with Crippen LogP contribution in [-0.4, -0.2) is 11.0 Å². The van der Waals surface area contributed by atoms with Gasteiger partial charge in [-0.2, -0.15) is 0 Å². The molecule has 0 saturated heterocycles. The zero-order valence-electron chi connectivity index (χ0n) is 11.2. The number of halogens is 1. The Labute approximate surface area is 116 Å². The highest BCUT2D eigenvalue weighted by Gasteiger charge is 2.23. The topological polar surface area (TPSA) is 52.0 Å². The molecule has 0 fully saturated rings. The molecule has 0 bridgehead atoms. The SMILES string of the molecule is Cc1nc(SC(c2ccccc2F)C(C)N)oc1C. The molecule has 2 rings (SSSR count). The van der Waals surface area contributed by atoms with Crippen LogP contribution in [0.15, 0.2) is 33.9 Å². The van der Waals surface area contributed by atoms with Crippen LogP contribution in [0.1, 0.15) is 29.2 Å². The summed E-state index contributed by atoms with van der Waals surface area (Å²) in [5.74, 6) is 0.525. The Balaban J connectivity index is 2.29. The minimum atomic E-state index is -0.252. The average Bonchev–Trinajstić information content (AvgIpc) is 2.66. The van der Waals surface area contributed by atoms with Crippen LogP contribution in [0.2, 0.25) is 0 Å². The monoisotopic (exact) mass is 280 g/mol. The van der Waals surface area contributed by atoms with Gasteiger partial charge in [-0.1, -0.05) is 30.0 Å². The Bertz CT molecular complexity index is 549. The van der Waals surface area contributed by atoms with Crippen molar-refractivity contribution in [1.29, 1.82) is 0 Å². The highest BCUT2D eigenvalue weighted by molar-refractivity contribution is 7.99. The lowest BCUT2D eigenvalue weighted by molar-refractivity contribution is 0.429. The molecule has 0 radical (unpaired) electrons. The predicted octanol–water partition coefficient (Wildman–Crippen LogP) is 3.61. The van der Waals surface area contributed by atoms with Gasteiger partial charge in [0.05, 0.1) is 10.9 Å². The number of hydrogen-bond acceptors (Lipinski definition) is 4. The number of nitrogens with zero attached hydrogens (tertiary/aromatic N) is 1. The van der Waals surface area contributed by atoms with E-state index in [2.05, 4.69) is 4.98 Å². The van der Waals surface area contributed by atoms with Gasteiger partial charge in [-0.15, -0.1) is 0 Å². The van der Waals surface area contributed by atoms with Crippen LogP contribution in [-0.2, 0) is 0 Å². The highest BCUT2D eigenvalue weighted by Crippen LogP contribution is 2.38. The fraction of sp³-hybridized carbons (Fsp3) is 0.357. The standard InChI is InChI=1S/C14H17FN2OS/c1-8(16)13(11-6-4-5-7-12(11)15)19-14-17-9(2)10(3)18-14/h4-8,13H,16H2,1-3H3. The molecule has 0 aliphatic heterocycles. The third-order valence-corrected chi connectivity index (χ3v) is 4.24. The molecule has 5 heteroatoms. The van der Waals surface area contributed by atoms with E-state index in [0.29, 0.717) is 10.8 Å². The zero-order chi connectivity index (χ0) is 14.0. The largest absolute Gasteiger partial charge is 0.437 e. The van der Waals surface area contributed by atoms with Crippen molar-refractivity contribution in [3.05, 3.63) is 47.1 Å². The second-order valence-electron chi connectivity index (χ2n) is 4.54. The Kier molecular flexibility index (Phi) is 4.27. The van der Waals surface area contributed by atoms with Crippen molar-refractivity contribution in [2.75, 3.05) is 0 Å². The van der Waals surface area contributed by atoms with E-state index in [4.69, 9.17) is 10.2 Å². The van der Waals surface area contributed by atoms with Gasteiger partial charge < -0.3 is 10.2 Å². The summed E-state index contributed by atoms with van der Waals surface area (Å²) in [5, 5.41) is 0.305. The second-order valence-corrected chi connectivity index (χ2v) is 5.63. The number of hydrogen-bond donors (Lipinski definition) is 1. The maximum atomic E-state index is 13.9. The first-order valence-corrected chi connectivity index (χ1v) is 6.97. The first-order chi connectivity index (χ1) is 8.99. The van der Waals surface area contributed by atoms with E-state index in [1.807, 2.05) is 20.8 Å². The van der Waals surface area contributed by atoms with E-state index in [9.17, 15) is 4.39 Å². The molecule has 2 unspecified atom stereocenters. The average molecular weight is 280 g/mol. The number of nitrogens with two attached hydrogens (primary N) is 1. The van der Waals surface area contributed by atoms with Crippen LogP contribution in [0.5, 0.6) is 0 Å². The summed E-state index contributed by atoms with van der Waals surface area (Å²) in [6.07, 6.45) is 0. The molecule has 1 heterocycles. The first-order valence-electron chi connectivity index (χ1n) is 6.09. The van der Waals surface area contributed by atoms with Crippen LogP contribution >= 0.6 is 11.8 Å². The minimum Gasteiger partial charge on any atom is -0.437 e. The van der Waals surface area contributed by atoms with E-state index < -0.39 is 0 Å². The van der Waals surface area contributed by atoms with Crippen molar-refractivity contribution < 1.29 is 8.81 Å². The van der Waals surface area contributed by atoms with Gasteiger partial charge >= 0.3 is 0 Å². The Hall–Kier alpha value is -1.33. The zero-order valence-corrected chi connectivity index (χ0v) is 12.0. The molecule has 0 spiro atoms. The Morgan fingerprint density at radius 1 is 1.32 bits per heavy atom. The quantitative estimate of drug-likeness (QED) is 0.869. The van der Waals surface area contributed by atoms with Crippen molar-refractivity contribution in [2.24, 2.45) is 5.73 Å². The summed E-state index contributed by atoms with van der Waals surface area (Å²) in [6, 6.07) is 6.45. The third kappa shape index (κ3) is 3.16. The number of benzene rings is 1. The molecule has 2 aromatic rings. The van der Waals surface area contributed by atoms with Crippen molar-refractivity contribution in [3.8, 4) is 0 Å². The summed E-state index contributed by atoms with van der Waals surface area (Å²) in [7, 11) is 0. The maximum Gasteiger partial charge on any atom is 0.256 e. The predicted molar refractivity (Wildman–Crippen MR) is 74.6 cm³/mol. The molecular formula is C14H17FN2OS. The molecule has 0 aliphatic carbocycles. The van der Waals surface area contributed by atoms with Gasteiger partial charge in [0.2, 0.25) is 0 Å². The maximum absolute atomic E-state index is 13.9. The first kappa shape index (κ1) is 14.1. The van der Waals surface area contributed by atoms with Gasteiger partial charge in [0, 0.05) is 11.6 Å². The third-order valence-electron chi connectivity index (χ3n) is 2.93. The molecule has 3 nitrogen and oxygen atoms in total. The molecule has 19 heavy (non-hydrogen) atoms. The van der Waals surface area contributed by atoms with Crippen LogP contribution in [0.4, 0.5) is 4.39 Å². The number of rotatable bonds is 4. The van der Waals surface area contributed by atoms with Crippen LogP contribution in [0.3, 0.4) is 0 Å². The summed E-state index contributed by atoms with van der Waals surface area (Å²) in [6.45, 7) is 5.59. The minimum absolute atomic E-state index is 0.214. The summed E-state index contributed by atoms with van der Waals surface area (Å²) in [5.41, 5.74) is 7.40. The van der Waals surface area contributed by atoms with Crippen LogP contribution in [0, 0.1) is 19.7 Å². The van der Waals surface area contributed by atoms with E-state index in [1.54, 1.807) is 18.2 Å². The fourth-order valence-electron chi connectivity index (χ4n) is 1.76. The molecule has 0 aliphatic rings. The number of aryl methyl sites for hydroxylation is 2. The van der Waals surface area contributed by atoms with Gasteiger partial charge in [0.25, 0.3) is 5.22 Å². The van der Waals surface area contributed by atoms with Crippen molar-refractivity contribution in [2.45, 2.75) is 37.3 Å². The molecule has 2 atom stereocenters. The lowest BCUT2D eigenvalue weighted by Gasteiger charge is -2.19. The Morgan fingerprint density at radius 2 is 2.00 bits per heavy atom. The van der Waals surface area contributed by atoms with Gasteiger partial charge in [-0.3, -0.25) is 0 Å². The normalized spacial score (nSPS) is 14.4. The van der Waals surface area contributed by atoms with E-state index in [-0.39, 0.29) is 17.1 Å². The Morgan fingerprint density at radius 3 is 2.53 bits per heavy atom. The second kappa shape index (κ2) is 5.75. The molecule has 2 N–H and O–H groups in total. The number of aromatic nitrogens is 1. The van der Waals surface area contributed by atoms with Crippen LogP contribution in [0.25, 0.3) is 0 Å². The molecule has 1 aromatic heterocycles. The molecule has 1 aromatic carbocycles. The molecular weight excluding hydrogens is 263 g/mol. The van der Waals surface area contributed by atoms with Crippen molar-refractivity contribution in [1.82, 2.24) is 4.98 Å². The van der Waals surface area contributed by atoms with Gasteiger partial charge in [0.1, 0.15) is 11.6 Å². The summed E-state index contributed by atoms with van der Waals surface area (Å²) < 4.78 is 19.4. The number of thioether (sulfide) groups is 1. The highest BCUT2D eigenvalue weighted by atomic mass is 32.2. The van der Waals surface area contributed by atoms with Gasteiger partial charge in [-0.05, 0) is 26.8 Å².